The van der Waals surface area contributed by atoms with Gasteiger partial charge in [-0.2, -0.15) is 0 Å². The van der Waals surface area contributed by atoms with Gasteiger partial charge in [0.15, 0.2) is 0 Å². The van der Waals surface area contributed by atoms with Crippen LogP contribution in [0.3, 0.4) is 0 Å². The summed E-state index contributed by atoms with van der Waals surface area (Å²) in [5.74, 6) is 2.08. The van der Waals surface area contributed by atoms with E-state index in [1.54, 1.807) is 11.8 Å². The minimum atomic E-state index is 0.0265. The number of amides is 1. The maximum atomic E-state index is 12.4. The number of hydrogen-bond acceptors (Lipinski definition) is 3. The second-order valence-corrected chi connectivity index (χ2v) is 7.32. The molecule has 0 saturated carbocycles. The van der Waals surface area contributed by atoms with Crippen molar-refractivity contribution in [1.82, 2.24) is 4.90 Å². The van der Waals surface area contributed by atoms with Crippen LogP contribution in [0.25, 0.3) is 0 Å². The van der Waals surface area contributed by atoms with Crippen molar-refractivity contribution in [3.05, 3.63) is 29.8 Å². The number of hydrogen-bond donors (Lipinski definition) is 0. The normalized spacial score (nSPS) is 16.9. The van der Waals surface area contributed by atoms with E-state index >= 15 is 0 Å². The van der Waals surface area contributed by atoms with Crippen molar-refractivity contribution in [3.63, 3.8) is 0 Å². The van der Waals surface area contributed by atoms with Gasteiger partial charge in [0.05, 0.1) is 11.9 Å². The molecular weight excluding hydrogens is 294 g/mol. The third kappa shape index (κ3) is 5.24. The standard InChI is InChI=1S/C18H27NO2S/c1-15-9-5-6-10-17(15)21-13-14-22-16(2)18(20)19-11-7-3-4-8-12-19/h5-6,9-10,16H,3-4,7-8,11-14H2,1-2H3. The molecule has 1 aliphatic heterocycles. The number of carbonyl (C=O) groups is 1. The Morgan fingerprint density at radius 2 is 1.91 bits per heavy atom. The molecule has 0 bridgehead atoms. The molecule has 1 atom stereocenters. The van der Waals surface area contributed by atoms with Crippen LogP contribution in [0, 0.1) is 6.92 Å². The van der Waals surface area contributed by atoms with E-state index in [4.69, 9.17) is 4.74 Å². The number of para-hydroxylation sites is 1. The van der Waals surface area contributed by atoms with Crippen molar-refractivity contribution in [1.29, 1.82) is 0 Å². The number of carbonyl (C=O) groups excluding carboxylic acids is 1. The molecule has 122 valence electrons. The Labute approximate surface area is 138 Å². The third-order valence-electron chi connectivity index (χ3n) is 4.07. The van der Waals surface area contributed by atoms with Gasteiger partial charge in [0.25, 0.3) is 0 Å². The van der Waals surface area contributed by atoms with Gasteiger partial charge in [0.2, 0.25) is 5.91 Å². The summed E-state index contributed by atoms with van der Waals surface area (Å²) in [5, 5.41) is 0.0265. The largest absolute Gasteiger partial charge is 0.492 e. The lowest BCUT2D eigenvalue weighted by atomic mass is 10.2. The Kier molecular flexibility index (Phi) is 7.10. The molecule has 22 heavy (non-hydrogen) atoms. The summed E-state index contributed by atoms with van der Waals surface area (Å²) in [4.78, 5) is 14.5. The highest BCUT2D eigenvalue weighted by Gasteiger charge is 2.21. The van der Waals surface area contributed by atoms with Crippen molar-refractivity contribution in [3.8, 4) is 5.75 Å². The maximum absolute atomic E-state index is 12.4. The lowest BCUT2D eigenvalue weighted by Crippen LogP contribution is -2.37. The number of thioether (sulfide) groups is 1. The lowest BCUT2D eigenvalue weighted by Gasteiger charge is -2.23. The molecule has 0 radical (unpaired) electrons. The lowest BCUT2D eigenvalue weighted by molar-refractivity contribution is -0.130. The Morgan fingerprint density at radius 3 is 2.59 bits per heavy atom. The molecule has 0 N–H and O–H groups in total. The predicted molar refractivity (Wildman–Crippen MR) is 93.6 cm³/mol. The van der Waals surface area contributed by atoms with Crippen molar-refractivity contribution in [2.45, 2.75) is 44.8 Å². The van der Waals surface area contributed by atoms with Gasteiger partial charge in [0, 0.05) is 18.8 Å². The molecule has 3 nitrogen and oxygen atoms in total. The second kappa shape index (κ2) is 9.09. The molecule has 1 aliphatic rings. The first-order valence-electron chi connectivity index (χ1n) is 8.27. The topological polar surface area (TPSA) is 29.5 Å². The third-order valence-corrected chi connectivity index (χ3v) is 5.17. The van der Waals surface area contributed by atoms with Gasteiger partial charge in [0.1, 0.15) is 5.75 Å². The van der Waals surface area contributed by atoms with E-state index in [9.17, 15) is 4.79 Å². The average molecular weight is 321 g/mol. The highest BCUT2D eigenvalue weighted by atomic mass is 32.2. The molecule has 1 fully saturated rings. The van der Waals surface area contributed by atoms with Crippen LogP contribution in [0.5, 0.6) is 5.75 Å². The van der Waals surface area contributed by atoms with Crippen molar-refractivity contribution in [2.75, 3.05) is 25.4 Å². The van der Waals surface area contributed by atoms with E-state index in [2.05, 4.69) is 0 Å². The zero-order chi connectivity index (χ0) is 15.8. The minimum Gasteiger partial charge on any atom is -0.492 e. The maximum Gasteiger partial charge on any atom is 0.235 e. The fourth-order valence-corrected chi connectivity index (χ4v) is 3.54. The summed E-state index contributed by atoms with van der Waals surface area (Å²) in [6.07, 6.45) is 4.82. The SMILES string of the molecule is Cc1ccccc1OCCSC(C)C(=O)N1CCCCCC1. The molecule has 4 heteroatoms. The van der Waals surface area contributed by atoms with Crippen LogP contribution in [-0.2, 0) is 4.79 Å². The summed E-state index contributed by atoms with van der Waals surface area (Å²) in [7, 11) is 0. The zero-order valence-corrected chi connectivity index (χ0v) is 14.5. The average Bonchev–Trinajstić information content (AvgIpc) is 2.81. The molecule has 2 rings (SSSR count). The summed E-state index contributed by atoms with van der Waals surface area (Å²) < 4.78 is 5.79. The summed E-state index contributed by atoms with van der Waals surface area (Å²) in [6.45, 7) is 6.58. The number of likely N-dealkylation sites (tertiary alicyclic amines) is 1. The molecule has 0 aromatic heterocycles. The Balaban J connectivity index is 1.69. The molecule has 1 saturated heterocycles. The van der Waals surface area contributed by atoms with Gasteiger partial charge in [-0.3, -0.25) is 4.79 Å². The molecular formula is C18H27NO2S. The van der Waals surface area contributed by atoms with Gasteiger partial charge in [-0.1, -0.05) is 31.0 Å². The van der Waals surface area contributed by atoms with E-state index in [0.29, 0.717) is 12.5 Å². The number of benzene rings is 1. The van der Waals surface area contributed by atoms with Crippen molar-refractivity contribution in [2.24, 2.45) is 0 Å². The van der Waals surface area contributed by atoms with E-state index in [-0.39, 0.29) is 5.25 Å². The first-order valence-corrected chi connectivity index (χ1v) is 9.32. The van der Waals surface area contributed by atoms with Crippen molar-refractivity contribution >= 4 is 17.7 Å². The van der Waals surface area contributed by atoms with Crippen LogP contribution >= 0.6 is 11.8 Å². The Bertz CT molecular complexity index is 470. The highest BCUT2D eigenvalue weighted by Crippen LogP contribution is 2.19. The molecule has 1 heterocycles. The molecule has 1 aromatic carbocycles. The van der Waals surface area contributed by atoms with Crippen LogP contribution < -0.4 is 4.74 Å². The smallest absolute Gasteiger partial charge is 0.235 e. The summed E-state index contributed by atoms with van der Waals surface area (Å²) in [5.41, 5.74) is 1.15. The molecule has 0 aliphatic carbocycles. The van der Waals surface area contributed by atoms with Crippen LogP contribution in [0.15, 0.2) is 24.3 Å². The first-order chi connectivity index (χ1) is 10.7. The second-order valence-electron chi connectivity index (χ2n) is 5.87. The van der Waals surface area contributed by atoms with E-state index < -0.39 is 0 Å². The molecule has 1 aromatic rings. The monoisotopic (exact) mass is 321 g/mol. The fraction of sp³-hybridized carbons (Fsp3) is 0.611. The van der Waals surface area contributed by atoms with E-state index in [1.165, 1.54) is 12.8 Å². The first kappa shape index (κ1) is 17.2. The van der Waals surface area contributed by atoms with Gasteiger partial charge >= 0.3 is 0 Å². The summed E-state index contributed by atoms with van der Waals surface area (Å²) in [6, 6.07) is 8.04. The van der Waals surface area contributed by atoms with Gasteiger partial charge in [-0.15, -0.1) is 11.8 Å². The predicted octanol–water partition coefficient (Wildman–Crippen LogP) is 3.90. The van der Waals surface area contributed by atoms with Gasteiger partial charge < -0.3 is 9.64 Å². The van der Waals surface area contributed by atoms with Crippen LogP contribution in [0.4, 0.5) is 0 Å². The quantitative estimate of drug-likeness (QED) is 0.744. The number of nitrogens with zero attached hydrogens (tertiary/aromatic N) is 1. The number of ether oxygens (including phenoxy) is 1. The van der Waals surface area contributed by atoms with Crippen LogP contribution in [-0.4, -0.2) is 41.5 Å². The van der Waals surface area contributed by atoms with Gasteiger partial charge in [-0.05, 0) is 38.3 Å². The van der Waals surface area contributed by atoms with Crippen LogP contribution in [0.1, 0.15) is 38.2 Å². The van der Waals surface area contributed by atoms with Gasteiger partial charge in [-0.25, -0.2) is 0 Å². The van der Waals surface area contributed by atoms with Crippen LogP contribution in [0.2, 0.25) is 0 Å². The Morgan fingerprint density at radius 1 is 1.23 bits per heavy atom. The zero-order valence-electron chi connectivity index (χ0n) is 13.7. The fourth-order valence-electron chi connectivity index (χ4n) is 2.71. The summed E-state index contributed by atoms with van der Waals surface area (Å²) >= 11 is 1.69. The number of aryl methyl sites for hydroxylation is 1. The molecule has 1 unspecified atom stereocenters. The molecule has 1 amide bonds. The Hall–Kier alpha value is -1.16. The van der Waals surface area contributed by atoms with E-state index in [1.807, 2.05) is 43.0 Å². The number of rotatable bonds is 6. The van der Waals surface area contributed by atoms with Crippen molar-refractivity contribution < 1.29 is 9.53 Å². The highest BCUT2D eigenvalue weighted by molar-refractivity contribution is 8.00. The minimum absolute atomic E-state index is 0.0265. The van der Waals surface area contributed by atoms with E-state index in [0.717, 1.165) is 43.0 Å². The molecule has 0 spiro atoms.